The van der Waals surface area contributed by atoms with Crippen molar-refractivity contribution in [3.63, 3.8) is 0 Å². The third-order valence-electron chi connectivity index (χ3n) is 4.50. The molecule has 0 unspecified atom stereocenters. The Morgan fingerprint density at radius 2 is 1.36 bits per heavy atom. The van der Waals surface area contributed by atoms with Crippen LogP contribution in [-0.4, -0.2) is 5.78 Å². The van der Waals surface area contributed by atoms with Gasteiger partial charge in [-0.15, -0.1) is 0 Å². The fourth-order valence-corrected chi connectivity index (χ4v) is 3.09. The van der Waals surface area contributed by atoms with Gasteiger partial charge in [-0.1, -0.05) is 78.9 Å². The lowest BCUT2D eigenvalue weighted by atomic mass is 10.0. The lowest BCUT2D eigenvalue weighted by Crippen LogP contribution is -2.05. The van der Waals surface area contributed by atoms with Gasteiger partial charge in [0, 0.05) is 28.4 Å². The molecule has 28 heavy (non-hydrogen) atoms. The molecule has 0 spiro atoms. The Hall–Kier alpha value is -3.85. The molecule has 3 heteroatoms. The summed E-state index contributed by atoms with van der Waals surface area (Å²) in [6, 6.07) is 32.2. The summed E-state index contributed by atoms with van der Waals surface area (Å²) in [5.74, 6) is 1.22. The Morgan fingerprint density at radius 1 is 0.714 bits per heavy atom. The van der Waals surface area contributed by atoms with E-state index in [0.717, 1.165) is 16.9 Å². The number of para-hydroxylation sites is 1. The Labute approximate surface area is 164 Å². The normalized spacial score (nSPS) is 10.4. The minimum Gasteiger partial charge on any atom is -0.457 e. The van der Waals surface area contributed by atoms with Crippen LogP contribution in [0.3, 0.4) is 0 Å². The van der Waals surface area contributed by atoms with Gasteiger partial charge in [0.05, 0.1) is 0 Å². The lowest BCUT2D eigenvalue weighted by molar-refractivity contribution is 0.103. The van der Waals surface area contributed by atoms with Crippen molar-refractivity contribution in [2.45, 2.75) is 0 Å². The topological polar surface area (TPSA) is 52.3 Å². The molecule has 0 amide bonds. The summed E-state index contributed by atoms with van der Waals surface area (Å²) in [7, 11) is 0. The molecule has 0 aliphatic carbocycles. The fourth-order valence-electron chi connectivity index (χ4n) is 3.09. The number of rotatable bonds is 5. The molecule has 0 saturated carbocycles. The van der Waals surface area contributed by atoms with Gasteiger partial charge >= 0.3 is 0 Å². The number of anilines is 1. The molecular formula is C25H19NO2. The van der Waals surface area contributed by atoms with Crippen LogP contribution in [0.5, 0.6) is 11.5 Å². The van der Waals surface area contributed by atoms with Crippen molar-refractivity contribution in [2.75, 3.05) is 5.73 Å². The third-order valence-corrected chi connectivity index (χ3v) is 4.50. The molecule has 0 fully saturated rings. The van der Waals surface area contributed by atoms with Crippen LogP contribution < -0.4 is 10.5 Å². The van der Waals surface area contributed by atoms with Crippen molar-refractivity contribution in [3.8, 4) is 22.6 Å². The Balaban J connectivity index is 1.63. The summed E-state index contributed by atoms with van der Waals surface area (Å²) in [6.07, 6.45) is 0. The fraction of sp³-hybridized carbons (Fsp3) is 0. The zero-order chi connectivity index (χ0) is 19.3. The lowest BCUT2D eigenvalue weighted by Gasteiger charge is -2.13. The maximum Gasteiger partial charge on any atom is 0.195 e. The number of nitrogens with two attached hydrogens (primary N) is 1. The SMILES string of the molecule is Nc1cc(Oc2ccccc2-c2ccccc2)ccc1C(=O)c1ccccc1. The zero-order valence-electron chi connectivity index (χ0n) is 15.2. The van der Waals surface area contributed by atoms with Crippen LogP contribution in [0.15, 0.2) is 103 Å². The van der Waals surface area contributed by atoms with Gasteiger partial charge < -0.3 is 10.5 Å². The summed E-state index contributed by atoms with van der Waals surface area (Å²) in [5.41, 5.74) is 9.69. The van der Waals surface area contributed by atoms with Crippen LogP contribution in [0.25, 0.3) is 11.1 Å². The number of hydrogen-bond acceptors (Lipinski definition) is 3. The summed E-state index contributed by atoms with van der Waals surface area (Å²) in [5, 5.41) is 0. The molecule has 2 N–H and O–H groups in total. The molecule has 0 aromatic heterocycles. The van der Waals surface area contributed by atoms with E-state index in [-0.39, 0.29) is 5.78 Å². The quantitative estimate of drug-likeness (QED) is 0.351. The second-order valence-electron chi connectivity index (χ2n) is 6.41. The molecule has 0 bridgehead atoms. The second kappa shape index (κ2) is 7.80. The van der Waals surface area contributed by atoms with Gasteiger partial charge in [0.2, 0.25) is 0 Å². The Bertz CT molecular complexity index is 1110. The van der Waals surface area contributed by atoms with Crippen LogP contribution in [0.1, 0.15) is 15.9 Å². The maximum absolute atomic E-state index is 12.7. The Morgan fingerprint density at radius 3 is 2.07 bits per heavy atom. The largest absolute Gasteiger partial charge is 0.457 e. The molecule has 3 nitrogen and oxygen atoms in total. The smallest absolute Gasteiger partial charge is 0.195 e. The maximum atomic E-state index is 12.7. The average molecular weight is 365 g/mol. The van der Waals surface area contributed by atoms with Crippen molar-refractivity contribution < 1.29 is 9.53 Å². The molecule has 4 aromatic carbocycles. The van der Waals surface area contributed by atoms with E-state index in [1.54, 1.807) is 30.3 Å². The van der Waals surface area contributed by atoms with E-state index < -0.39 is 0 Å². The van der Waals surface area contributed by atoms with Crippen LogP contribution in [-0.2, 0) is 0 Å². The van der Waals surface area contributed by atoms with E-state index in [2.05, 4.69) is 0 Å². The summed E-state index contributed by atoms with van der Waals surface area (Å²) >= 11 is 0. The first-order chi connectivity index (χ1) is 13.7. The van der Waals surface area contributed by atoms with Gasteiger partial charge in [0.25, 0.3) is 0 Å². The average Bonchev–Trinajstić information content (AvgIpc) is 2.75. The van der Waals surface area contributed by atoms with E-state index in [9.17, 15) is 4.79 Å². The molecule has 0 heterocycles. The molecule has 0 aliphatic heterocycles. The molecule has 0 aliphatic rings. The first kappa shape index (κ1) is 17.6. The number of benzene rings is 4. The number of carbonyl (C=O) groups is 1. The van der Waals surface area contributed by atoms with Crippen molar-refractivity contribution in [3.05, 3.63) is 114 Å². The first-order valence-electron chi connectivity index (χ1n) is 9.04. The predicted octanol–water partition coefficient (Wildman–Crippen LogP) is 5.96. The minimum atomic E-state index is -0.102. The highest BCUT2D eigenvalue weighted by Crippen LogP contribution is 2.34. The van der Waals surface area contributed by atoms with Crippen LogP contribution >= 0.6 is 0 Å². The molecule has 4 aromatic rings. The summed E-state index contributed by atoms with van der Waals surface area (Å²) in [4.78, 5) is 12.7. The number of ether oxygens (including phenoxy) is 1. The van der Waals surface area contributed by atoms with E-state index in [1.807, 2.05) is 72.8 Å². The number of carbonyl (C=O) groups excluding carboxylic acids is 1. The van der Waals surface area contributed by atoms with Crippen molar-refractivity contribution in [2.24, 2.45) is 0 Å². The second-order valence-corrected chi connectivity index (χ2v) is 6.41. The third kappa shape index (κ3) is 3.64. The van der Waals surface area contributed by atoms with E-state index in [0.29, 0.717) is 22.6 Å². The van der Waals surface area contributed by atoms with Crippen LogP contribution in [0.4, 0.5) is 5.69 Å². The van der Waals surface area contributed by atoms with Gasteiger partial charge in [-0.25, -0.2) is 0 Å². The predicted molar refractivity (Wildman–Crippen MR) is 113 cm³/mol. The molecule has 0 radical (unpaired) electrons. The highest BCUT2D eigenvalue weighted by Gasteiger charge is 2.14. The van der Waals surface area contributed by atoms with Crippen molar-refractivity contribution in [1.82, 2.24) is 0 Å². The summed E-state index contributed by atoms with van der Waals surface area (Å²) in [6.45, 7) is 0. The molecule has 0 atom stereocenters. The number of hydrogen-bond donors (Lipinski definition) is 1. The van der Waals surface area contributed by atoms with Gasteiger partial charge in [0.1, 0.15) is 11.5 Å². The van der Waals surface area contributed by atoms with Crippen LogP contribution in [0.2, 0.25) is 0 Å². The first-order valence-corrected chi connectivity index (χ1v) is 9.04. The molecule has 0 saturated heterocycles. The summed E-state index contributed by atoms with van der Waals surface area (Å²) < 4.78 is 6.09. The van der Waals surface area contributed by atoms with Crippen molar-refractivity contribution in [1.29, 1.82) is 0 Å². The number of nitrogen functional groups attached to an aromatic ring is 1. The highest BCUT2D eigenvalue weighted by atomic mass is 16.5. The van der Waals surface area contributed by atoms with Gasteiger partial charge in [-0.3, -0.25) is 4.79 Å². The van der Waals surface area contributed by atoms with Gasteiger partial charge in [-0.05, 0) is 23.8 Å². The van der Waals surface area contributed by atoms with E-state index in [1.165, 1.54) is 0 Å². The van der Waals surface area contributed by atoms with E-state index >= 15 is 0 Å². The standard InChI is InChI=1S/C25H19NO2/c26-23-17-20(15-16-22(23)25(27)19-11-5-2-6-12-19)28-24-14-8-7-13-21(24)18-9-3-1-4-10-18/h1-17H,26H2. The van der Waals surface area contributed by atoms with Gasteiger partial charge in [0.15, 0.2) is 5.78 Å². The van der Waals surface area contributed by atoms with Gasteiger partial charge in [-0.2, -0.15) is 0 Å². The highest BCUT2D eigenvalue weighted by molar-refractivity contribution is 6.12. The minimum absolute atomic E-state index is 0.102. The van der Waals surface area contributed by atoms with Crippen molar-refractivity contribution >= 4 is 11.5 Å². The monoisotopic (exact) mass is 365 g/mol. The molecular weight excluding hydrogens is 346 g/mol. The van der Waals surface area contributed by atoms with E-state index in [4.69, 9.17) is 10.5 Å². The molecule has 136 valence electrons. The zero-order valence-corrected chi connectivity index (χ0v) is 15.2. The Kier molecular flexibility index (Phi) is 4.89. The molecule has 4 rings (SSSR count). The van der Waals surface area contributed by atoms with Crippen LogP contribution in [0, 0.1) is 0 Å². The number of ketones is 1.